The molecule has 0 aliphatic heterocycles. The lowest BCUT2D eigenvalue weighted by atomic mass is 10.1. The van der Waals surface area contributed by atoms with Crippen molar-refractivity contribution in [2.45, 2.75) is 26.6 Å². The van der Waals surface area contributed by atoms with Crippen LogP contribution in [0, 0.1) is 6.92 Å². The largest absolute Gasteiger partial charge is 0.493 e. The summed E-state index contributed by atoms with van der Waals surface area (Å²) < 4.78 is 12.7. The summed E-state index contributed by atoms with van der Waals surface area (Å²) in [5.74, 6) is 1.52. The van der Waals surface area contributed by atoms with Crippen molar-refractivity contribution >= 4 is 27.3 Å². The van der Waals surface area contributed by atoms with Crippen LogP contribution < -0.4 is 14.8 Å². The standard InChI is InChI=1S/C21H22BrNO2S/c1-15-5-7-16(8-6-15)14-25-21-18(19(22)9-10-20(21)24-2)13-23-12-17-4-3-11-26-17/h3-11,23H,12-14H2,1-2H3. The Kier molecular flexibility index (Phi) is 6.72. The Morgan fingerprint density at radius 3 is 2.54 bits per heavy atom. The summed E-state index contributed by atoms with van der Waals surface area (Å²) in [4.78, 5) is 1.31. The van der Waals surface area contributed by atoms with E-state index in [-0.39, 0.29) is 0 Å². The van der Waals surface area contributed by atoms with Crippen LogP contribution in [-0.2, 0) is 19.7 Å². The molecule has 3 rings (SSSR count). The molecule has 1 aromatic heterocycles. The van der Waals surface area contributed by atoms with Gasteiger partial charge >= 0.3 is 0 Å². The number of ether oxygens (including phenoxy) is 2. The monoisotopic (exact) mass is 431 g/mol. The molecule has 0 spiro atoms. The zero-order valence-electron chi connectivity index (χ0n) is 14.9. The van der Waals surface area contributed by atoms with E-state index in [0.29, 0.717) is 13.2 Å². The number of halogens is 1. The molecule has 5 heteroatoms. The smallest absolute Gasteiger partial charge is 0.167 e. The summed E-state index contributed by atoms with van der Waals surface area (Å²) in [6.45, 7) is 4.11. The lowest BCUT2D eigenvalue weighted by Crippen LogP contribution is -2.14. The quantitative estimate of drug-likeness (QED) is 0.496. The maximum atomic E-state index is 6.16. The molecule has 0 aliphatic carbocycles. The van der Waals surface area contributed by atoms with Crippen molar-refractivity contribution in [3.63, 3.8) is 0 Å². The highest BCUT2D eigenvalue weighted by Crippen LogP contribution is 2.36. The second kappa shape index (κ2) is 9.21. The molecule has 0 bridgehead atoms. The van der Waals surface area contributed by atoms with Crippen LogP contribution >= 0.6 is 27.3 Å². The van der Waals surface area contributed by atoms with Crippen molar-refractivity contribution in [1.29, 1.82) is 0 Å². The fourth-order valence-electron chi connectivity index (χ4n) is 2.63. The molecule has 0 radical (unpaired) electrons. The molecular weight excluding hydrogens is 410 g/mol. The van der Waals surface area contributed by atoms with Crippen LogP contribution in [0.1, 0.15) is 21.6 Å². The van der Waals surface area contributed by atoms with E-state index in [9.17, 15) is 0 Å². The van der Waals surface area contributed by atoms with E-state index in [0.717, 1.165) is 33.6 Å². The van der Waals surface area contributed by atoms with Gasteiger partial charge in [-0.3, -0.25) is 0 Å². The van der Waals surface area contributed by atoms with Gasteiger partial charge in [0.25, 0.3) is 0 Å². The van der Waals surface area contributed by atoms with Crippen LogP contribution in [0.2, 0.25) is 0 Å². The van der Waals surface area contributed by atoms with Gasteiger partial charge in [0.2, 0.25) is 0 Å². The highest BCUT2D eigenvalue weighted by Gasteiger charge is 2.15. The fraction of sp³-hybridized carbons (Fsp3) is 0.238. The van der Waals surface area contributed by atoms with E-state index >= 15 is 0 Å². The van der Waals surface area contributed by atoms with E-state index in [1.165, 1.54) is 10.4 Å². The molecule has 3 nitrogen and oxygen atoms in total. The number of thiophene rings is 1. The van der Waals surface area contributed by atoms with Crippen LogP contribution in [0.4, 0.5) is 0 Å². The van der Waals surface area contributed by atoms with Crippen LogP contribution in [0.5, 0.6) is 11.5 Å². The minimum Gasteiger partial charge on any atom is -0.493 e. The summed E-state index contributed by atoms with van der Waals surface area (Å²) >= 11 is 5.40. The van der Waals surface area contributed by atoms with Gasteiger partial charge in [0.05, 0.1) is 7.11 Å². The maximum absolute atomic E-state index is 6.16. The molecule has 3 aromatic rings. The number of benzene rings is 2. The Morgan fingerprint density at radius 2 is 1.85 bits per heavy atom. The average molecular weight is 432 g/mol. The third-order valence-corrected chi connectivity index (χ3v) is 5.69. The van der Waals surface area contributed by atoms with E-state index < -0.39 is 0 Å². The molecule has 2 aromatic carbocycles. The molecule has 0 aliphatic rings. The van der Waals surface area contributed by atoms with E-state index in [1.807, 2.05) is 12.1 Å². The van der Waals surface area contributed by atoms with Gasteiger partial charge < -0.3 is 14.8 Å². The Balaban J connectivity index is 1.74. The summed E-state index contributed by atoms with van der Waals surface area (Å²) in [5, 5.41) is 5.58. The number of methoxy groups -OCH3 is 1. The predicted octanol–water partition coefficient (Wildman–Crippen LogP) is 5.70. The first-order valence-electron chi connectivity index (χ1n) is 8.44. The van der Waals surface area contributed by atoms with Gasteiger partial charge in [-0.2, -0.15) is 0 Å². The SMILES string of the molecule is COc1ccc(Br)c(CNCc2cccs2)c1OCc1ccc(C)cc1. The molecule has 26 heavy (non-hydrogen) atoms. The zero-order valence-corrected chi connectivity index (χ0v) is 17.3. The average Bonchev–Trinajstić information content (AvgIpc) is 3.16. The molecule has 1 heterocycles. The van der Waals surface area contributed by atoms with Gasteiger partial charge in [-0.25, -0.2) is 0 Å². The summed E-state index contributed by atoms with van der Waals surface area (Å²) in [6.07, 6.45) is 0. The molecule has 0 saturated heterocycles. The zero-order chi connectivity index (χ0) is 18.4. The number of aryl methyl sites for hydroxylation is 1. The molecule has 0 amide bonds. The van der Waals surface area contributed by atoms with Gasteiger partial charge in [0.15, 0.2) is 11.5 Å². The Labute approximate surface area is 167 Å². The van der Waals surface area contributed by atoms with Gasteiger partial charge in [-0.15, -0.1) is 11.3 Å². The Bertz CT molecular complexity index is 832. The lowest BCUT2D eigenvalue weighted by molar-refractivity contribution is 0.280. The van der Waals surface area contributed by atoms with Crippen molar-refractivity contribution in [3.8, 4) is 11.5 Å². The first-order valence-corrected chi connectivity index (χ1v) is 10.1. The molecule has 0 unspecified atom stereocenters. The van der Waals surface area contributed by atoms with Gasteiger partial charge in [0, 0.05) is 28.0 Å². The van der Waals surface area contributed by atoms with Gasteiger partial charge in [-0.05, 0) is 36.1 Å². The third-order valence-electron chi connectivity index (χ3n) is 4.07. The van der Waals surface area contributed by atoms with Crippen molar-refractivity contribution in [1.82, 2.24) is 5.32 Å². The Hall–Kier alpha value is -1.82. The Morgan fingerprint density at radius 1 is 1.04 bits per heavy atom. The summed E-state index contributed by atoms with van der Waals surface area (Å²) in [7, 11) is 1.67. The number of hydrogen-bond acceptors (Lipinski definition) is 4. The van der Waals surface area contributed by atoms with Gasteiger partial charge in [-0.1, -0.05) is 51.8 Å². The first kappa shape index (κ1) is 19.0. The molecule has 0 saturated carbocycles. The third kappa shape index (κ3) is 4.87. The maximum Gasteiger partial charge on any atom is 0.167 e. The topological polar surface area (TPSA) is 30.5 Å². The van der Waals surface area contributed by atoms with Crippen LogP contribution in [0.3, 0.4) is 0 Å². The van der Waals surface area contributed by atoms with Crippen LogP contribution in [-0.4, -0.2) is 7.11 Å². The van der Waals surface area contributed by atoms with Crippen molar-refractivity contribution < 1.29 is 9.47 Å². The first-order chi connectivity index (χ1) is 12.7. The second-order valence-electron chi connectivity index (χ2n) is 6.01. The highest BCUT2D eigenvalue weighted by molar-refractivity contribution is 9.10. The van der Waals surface area contributed by atoms with E-state index in [4.69, 9.17) is 9.47 Å². The van der Waals surface area contributed by atoms with Crippen molar-refractivity contribution in [2.75, 3.05) is 7.11 Å². The van der Waals surface area contributed by atoms with E-state index in [2.05, 4.69) is 69.9 Å². The lowest BCUT2D eigenvalue weighted by Gasteiger charge is -2.17. The normalized spacial score (nSPS) is 10.7. The molecule has 1 N–H and O–H groups in total. The van der Waals surface area contributed by atoms with Gasteiger partial charge in [0.1, 0.15) is 6.61 Å². The molecule has 0 fully saturated rings. The van der Waals surface area contributed by atoms with E-state index in [1.54, 1.807) is 18.4 Å². The van der Waals surface area contributed by atoms with Crippen LogP contribution in [0.25, 0.3) is 0 Å². The molecule has 136 valence electrons. The minimum absolute atomic E-state index is 0.505. The highest BCUT2D eigenvalue weighted by atomic mass is 79.9. The van der Waals surface area contributed by atoms with Crippen molar-refractivity contribution in [3.05, 3.63) is 80.0 Å². The summed E-state index contributed by atoms with van der Waals surface area (Å²) in [5.41, 5.74) is 3.44. The van der Waals surface area contributed by atoms with Crippen molar-refractivity contribution in [2.24, 2.45) is 0 Å². The van der Waals surface area contributed by atoms with Crippen LogP contribution in [0.15, 0.2) is 58.4 Å². The number of nitrogens with one attached hydrogen (secondary N) is 1. The molecule has 0 atom stereocenters. The fourth-order valence-corrected chi connectivity index (χ4v) is 3.76. The molecular formula is C21H22BrNO2S. The number of rotatable bonds is 8. The second-order valence-corrected chi connectivity index (χ2v) is 7.90. The summed E-state index contributed by atoms with van der Waals surface area (Å²) in [6, 6.07) is 16.5. The number of hydrogen-bond donors (Lipinski definition) is 1. The predicted molar refractivity (Wildman–Crippen MR) is 111 cm³/mol. The minimum atomic E-state index is 0.505.